The lowest BCUT2D eigenvalue weighted by molar-refractivity contribution is -0.192. The Labute approximate surface area is 238 Å². The third-order valence-electron chi connectivity index (χ3n) is 6.19. The first-order valence-corrected chi connectivity index (χ1v) is 13.4. The van der Waals surface area contributed by atoms with Crippen LogP contribution < -0.4 is 10.2 Å². The Morgan fingerprint density at radius 1 is 1.12 bits per heavy atom. The minimum absolute atomic E-state index is 0.0264. The molecule has 1 aromatic carbocycles. The van der Waals surface area contributed by atoms with Crippen molar-refractivity contribution >= 4 is 51.3 Å². The number of morpholine rings is 1. The molecular formula is C25H23F5N8O3S. The van der Waals surface area contributed by atoms with Crippen LogP contribution in [0.25, 0.3) is 22.2 Å². The van der Waals surface area contributed by atoms with Gasteiger partial charge in [0, 0.05) is 24.5 Å². The van der Waals surface area contributed by atoms with E-state index in [2.05, 4.69) is 36.6 Å². The summed E-state index contributed by atoms with van der Waals surface area (Å²) in [5, 5.41) is 12.5. The molecule has 5 aromatic rings. The second-order valence-corrected chi connectivity index (χ2v) is 10.0. The largest absolute Gasteiger partial charge is 0.490 e. The van der Waals surface area contributed by atoms with Crippen molar-refractivity contribution in [2.24, 2.45) is 0 Å². The number of hydrogen-bond donors (Lipinski definition) is 3. The summed E-state index contributed by atoms with van der Waals surface area (Å²) in [6, 6.07) is 6.72. The number of hydrogen-bond acceptors (Lipinski definition) is 9. The van der Waals surface area contributed by atoms with Gasteiger partial charge in [0.15, 0.2) is 28.6 Å². The number of nitrogens with zero attached hydrogens (tertiary/aromatic N) is 6. The Hall–Kier alpha value is -4.38. The number of fused-ring (bicyclic) bond motifs is 2. The van der Waals surface area contributed by atoms with E-state index in [0.29, 0.717) is 54.9 Å². The predicted molar refractivity (Wildman–Crippen MR) is 143 cm³/mol. The highest BCUT2D eigenvalue weighted by Crippen LogP contribution is 2.25. The predicted octanol–water partition coefficient (Wildman–Crippen LogP) is 4.37. The van der Waals surface area contributed by atoms with E-state index in [1.54, 1.807) is 17.7 Å². The topological polar surface area (TPSA) is 134 Å². The molecule has 1 fully saturated rings. The van der Waals surface area contributed by atoms with Crippen LogP contribution in [0.15, 0.2) is 36.0 Å². The maximum atomic E-state index is 14.1. The summed E-state index contributed by atoms with van der Waals surface area (Å²) in [5.41, 5.74) is 1.78. The zero-order valence-corrected chi connectivity index (χ0v) is 22.5. The number of alkyl halides is 3. The summed E-state index contributed by atoms with van der Waals surface area (Å²) in [6.07, 6.45) is -2.43. The number of halogens is 5. The summed E-state index contributed by atoms with van der Waals surface area (Å²) < 4.78 is 66.9. The Balaban J connectivity index is 0.000000451. The highest BCUT2D eigenvalue weighted by molar-refractivity contribution is 7.09. The van der Waals surface area contributed by atoms with E-state index in [1.165, 1.54) is 10.9 Å². The van der Waals surface area contributed by atoms with Gasteiger partial charge in [0.25, 0.3) is 0 Å². The second kappa shape index (κ2) is 12.2. The van der Waals surface area contributed by atoms with E-state index < -0.39 is 23.8 Å². The van der Waals surface area contributed by atoms with Gasteiger partial charge in [-0.25, -0.2) is 23.5 Å². The number of carboxylic acids is 1. The molecule has 42 heavy (non-hydrogen) atoms. The first kappa shape index (κ1) is 29.1. The fourth-order valence-corrected chi connectivity index (χ4v) is 4.83. The van der Waals surface area contributed by atoms with Gasteiger partial charge >= 0.3 is 12.1 Å². The molecule has 0 radical (unpaired) electrons. The number of aromatic nitrogens is 6. The maximum absolute atomic E-state index is 14.1. The summed E-state index contributed by atoms with van der Waals surface area (Å²) in [7, 11) is 0. The van der Waals surface area contributed by atoms with Crippen molar-refractivity contribution in [1.82, 2.24) is 29.5 Å². The third kappa shape index (κ3) is 6.57. The number of nitrogens with one attached hydrogen (secondary N) is 2. The van der Waals surface area contributed by atoms with Crippen LogP contribution in [0.2, 0.25) is 0 Å². The van der Waals surface area contributed by atoms with Crippen LogP contribution in [0, 0.1) is 11.6 Å². The van der Waals surface area contributed by atoms with Crippen molar-refractivity contribution < 1.29 is 36.6 Å². The summed E-state index contributed by atoms with van der Waals surface area (Å²) in [5.74, 6) is -3.04. The smallest absolute Gasteiger partial charge is 0.475 e. The molecule has 1 aliphatic heterocycles. The van der Waals surface area contributed by atoms with Crippen molar-refractivity contribution in [3.8, 4) is 0 Å². The number of carboxylic acid groups (broad SMARTS) is 1. The van der Waals surface area contributed by atoms with Crippen molar-refractivity contribution in [3.63, 3.8) is 0 Å². The average Bonchev–Trinajstić information content (AvgIpc) is 3.73. The highest BCUT2D eigenvalue weighted by Gasteiger charge is 2.38. The van der Waals surface area contributed by atoms with Gasteiger partial charge in [-0.1, -0.05) is 6.07 Å². The van der Waals surface area contributed by atoms with Gasteiger partial charge in [0.2, 0.25) is 5.95 Å². The molecule has 1 aliphatic rings. The zero-order chi connectivity index (χ0) is 29.9. The van der Waals surface area contributed by atoms with Crippen LogP contribution in [-0.2, 0) is 29.0 Å². The van der Waals surface area contributed by atoms with Crippen LogP contribution in [0.1, 0.15) is 10.7 Å². The zero-order valence-electron chi connectivity index (χ0n) is 21.7. The Morgan fingerprint density at radius 3 is 2.57 bits per heavy atom. The van der Waals surface area contributed by atoms with E-state index in [4.69, 9.17) is 24.6 Å². The Bertz CT molecular complexity index is 1680. The number of carbonyl (C=O) groups is 1. The van der Waals surface area contributed by atoms with Crippen LogP contribution >= 0.6 is 11.3 Å². The minimum Gasteiger partial charge on any atom is -0.475 e. The number of anilines is 2. The number of benzene rings is 1. The molecule has 0 amide bonds. The molecule has 3 N–H and O–H groups in total. The first-order valence-electron chi connectivity index (χ1n) is 12.5. The van der Waals surface area contributed by atoms with Crippen LogP contribution in [0.3, 0.4) is 0 Å². The number of aryl methyl sites for hydroxylation is 2. The van der Waals surface area contributed by atoms with Gasteiger partial charge < -0.3 is 29.6 Å². The van der Waals surface area contributed by atoms with Gasteiger partial charge in [-0.2, -0.15) is 23.1 Å². The van der Waals surface area contributed by atoms with E-state index in [-0.39, 0.29) is 12.1 Å². The molecule has 0 spiro atoms. The third-order valence-corrected chi connectivity index (χ3v) is 7.12. The normalized spacial score (nSPS) is 13.8. The van der Waals surface area contributed by atoms with Crippen LogP contribution in [-0.4, -0.2) is 73.0 Å². The Kier molecular flexibility index (Phi) is 8.49. The molecule has 0 unspecified atom stereocenters. The lowest BCUT2D eigenvalue weighted by Gasteiger charge is -2.27. The standard InChI is InChI=1S/C23H22F2N8OS.C2HF3O2/c24-15-3-4-16-19(18(15)25)29-17(28-16)12-26-21-20-22(31-23(30-21)32-7-9-34-10-8-32)33(13-27-20)6-5-14-2-1-11-35-14;3-2(4,5)1(6)7/h1-4,11,13H,5-10,12H2,(H,28,29)(H,26,30,31);(H,6,7). The molecule has 222 valence electrons. The van der Waals surface area contributed by atoms with Gasteiger partial charge in [0.05, 0.1) is 31.6 Å². The average molecular weight is 611 g/mol. The lowest BCUT2D eigenvalue weighted by atomic mass is 10.3. The molecule has 0 aliphatic carbocycles. The fourth-order valence-electron chi connectivity index (χ4n) is 4.13. The highest BCUT2D eigenvalue weighted by atomic mass is 32.1. The number of H-pyrrole nitrogens is 1. The summed E-state index contributed by atoms with van der Waals surface area (Å²) in [6.45, 7) is 3.59. The first-order chi connectivity index (χ1) is 20.1. The fraction of sp³-hybridized carbons (Fsp3) is 0.320. The molecule has 0 bridgehead atoms. The van der Waals surface area contributed by atoms with Gasteiger partial charge in [-0.3, -0.25) is 0 Å². The minimum atomic E-state index is -5.08. The number of ether oxygens (including phenoxy) is 1. The second-order valence-electron chi connectivity index (χ2n) is 9.01. The summed E-state index contributed by atoms with van der Waals surface area (Å²) in [4.78, 5) is 33.7. The van der Waals surface area contributed by atoms with E-state index in [1.807, 2.05) is 10.6 Å². The van der Waals surface area contributed by atoms with E-state index in [9.17, 15) is 22.0 Å². The molecule has 17 heteroatoms. The number of aromatic amines is 1. The number of imidazole rings is 2. The molecule has 6 rings (SSSR count). The van der Waals surface area contributed by atoms with Gasteiger partial charge in [-0.05, 0) is 30.0 Å². The molecule has 0 atom stereocenters. The van der Waals surface area contributed by atoms with Crippen molar-refractivity contribution in [2.75, 3.05) is 36.5 Å². The monoisotopic (exact) mass is 610 g/mol. The molecule has 1 saturated heterocycles. The molecule has 5 heterocycles. The van der Waals surface area contributed by atoms with Gasteiger partial charge in [0.1, 0.15) is 11.3 Å². The van der Waals surface area contributed by atoms with Gasteiger partial charge in [-0.15, -0.1) is 11.3 Å². The molecule has 4 aromatic heterocycles. The van der Waals surface area contributed by atoms with Crippen molar-refractivity contribution in [2.45, 2.75) is 25.7 Å². The van der Waals surface area contributed by atoms with Crippen molar-refractivity contribution in [3.05, 3.63) is 58.3 Å². The van der Waals surface area contributed by atoms with E-state index in [0.717, 1.165) is 24.7 Å². The summed E-state index contributed by atoms with van der Waals surface area (Å²) >= 11 is 1.73. The van der Waals surface area contributed by atoms with Crippen LogP contribution in [0.5, 0.6) is 0 Å². The SMILES string of the molecule is Fc1ccc2[nH]c(CNc3nc(N4CCOCC4)nc4c3ncn4CCc3cccs3)nc2c1F.O=C(O)C(F)(F)F. The maximum Gasteiger partial charge on any atom is 0.490 e. The molecular weight excluding hydrogens is 587 g/mol. The van der Waals surface area contributed by atoms with Crippen molar-refractivity contribution in [1.29, 1.82) is 0 Å². The number of aliphatic carboxylic acids is 1. The molecule has 11 nitrogen and oxygen atoms in total. The lowest BCUT2D eigenvalue weighted by Crippen LogP contribution is -2.37. The Morgan fingerprint density at radius 2 is 1.88 bits per heavy atom. The van der Waals surface area contributed by atoms with Crippen LogP contribution in [0.4, 0.5) is 33.7 Å². The molecule has 0 saturated carbocycles. The number of rotatable bonds is 7. The van der Waals surface area contributed by atoms with E-state index >= 15 is 0 Å². The quantitative estimate of drug-likeness (QED) is 0.230. The number of thiophene rings is 1.